The van der Waals surface area contributed by atoms with E-state index in [1.807, 2.05) is 0 Å². The maximum absolute atomic E-state index is 11.9. The largest absolute Gasteiger partial charge is 0.393 e. The Morgan fingerprint density at radius 1 is 1.26 bits per heavy atom. The van der Waals surface area contributed by atoms with Gasteiger partial charge in [0.1, 0.15) is 0 Å². The second-order valence-corrected chi connectivity index (χ2v) is 7.34. The molecule has 1 fully saturated rings. The van der Waals surface area contributed by atoms with Gasteiger partial charge < -0.3 is 10.4 Å². The second kappa shape index (κ2) is 5.48. The number of nitrogens with zero attached hydrogens (tertiary/aromatic N) is 1. The molecule has 1 saturated carbocycles. The van der Waals surface area contributed by atoms with E-state index in [-0.39, 0.29) is 6.10 Å². The predicted octanol–water partition coefficient (Wildman–Crippen LogP) is 1.12. The van der Waals surface area contributed by atoms with Crippen molar-refractivity contribution in [1.29, 1.82) is 0 Å². The van der Waals surface area contributed by atoms with E-state index in [4.69, 9.17) is 0 Å². The molecule has 1 aromatic carbocycles. The first kappa shape index (κ1) is 14.3. The highest BCUT2D eigenvalue weighted by atomic mass is 32.2. The highest BCUT2D eigenvalue weighted by Gasteiger charge is 2.26. The van der Waals surface area contributed by atoms with E-state index in [1.165, 1.54) is 18.4 Å². The maximum Gasteiger partial charge on any atom is 0.242 e. The fraction of sp³-hybridized carbons (Fsp3) is 0.538. The van der Waals surface area contributed by atoms with Crippen LogP contribution in [0.4, 0.5) is 5.69 Å². The summed E-state index contributed by atoms with van der Waals surface area (Å²) < 4.78 is 25.0. The molecular weight excluding hydrogens is 264 g/mol. The molecule has 0 unspecified atom stereocenters. The van der Waals surface area contributed by atoms with Crippen molar-refractivity contribution in [2.75, 3.05) is 26.0 Å². The van der Waals surface area contributed by atoms with Gasteiger partial charge in [-0.2, -0.15) is 0 Å². The molecule has 0 saturated heterocycles. The SMILES string of the molecule is CN(C)S(=O)(=O)c1ccc(NCC2CC(O)C2)cc1. The Morgan fingerprint density at radius 3 is 2.32 bits per heavy atom. The lowest BCUT2D eigenvalue weighted by atomic mass is 9.82. The highest BCUT2D eigenvalue weighted by Crippen LogP contribution is 2.27. The van der Waals surface area contributed by atoms with Crippen molar-refractivity contribution in [3.05, 3.63) is 24.3 Å². The van der Waals surface area contributed by atoms with Crippen molar-refractivity contribution in [3.63, 3.8) is 0 Å². The number of benzene rings is 1. The minimum atomic E-state index is -3.35. The molecule has 0 bridgehead atoms. The molecule has 0 aromatic heterocycles. The van der Waals surface area contributed by atoms with Gasteiger partial charge in [-0.3, -0.25) is 0 Å². The lowest BCUT2D eigenvalue weighted by molar-refractivity contribution is 0.0487. The normalized spacial score (nSPS) is 23.2. The molecule has 0 atom stereocenters. The summed E-state index contributed by atoms with van der Waals surface area (Å²) in [5.74, 6) is 0.514. The van der Waals surface area contributed by atoms with Crippen molar-refractivity contribution in [2.45, 2.75) is 23.8 Å². The second-order valence-electron chi connectivity index (χ2n) is 5.18. The predicted molar refractivity (Wildman–Crippen MR) is 74.5 cm³/mol. The van der Waals surface area contributed by atoms with Gasteiger partial charge in [-0.05, 0) is 43.0 Å². The van der Waals surface area contributed by atoms with Crippen molar-refractivity contribution in [2.24, 2.45) is 5.92 Å². The number of nitrogens with one attached hydrogen (secondary N) is 1. The molecule has 2 N–H and O–H groups in total. The fourth-order valence-corrected chi connectivity index (χ4v) is 2.99. The third-order valence-electron chi connectivity index (χ3n) is 3.44. The zero-order valence-corrected chi connectivity index (χ0v) is 12.0. The molecule has 5 nitrogen and oxygen atoms in total. The number of anilines is 1. The van der Waals surface area contributed by atoms with Gasteiger partial charge in [0.15, 0.2) is 0 Å². The summed E-state index contributed by atoms with van der Waals surface area (Å²) in [6, 6.07) is 6.75. The van der Waals surface area contributed by atoms with Crippen LogP contribution < -0.4 is 5.32 Å². The van der Waals surface area contributed by atoms with Crippen LogP contribution in [0.2, 0.25) is 0 Å². The maximum atomic E-state index is 11.9. The van der Waals surface area contributed by atoms with E-state index in [9.17, 15) is 13.5 Å². The summed E-state index contributed by atoms with van der Waals surface area (Å²) in [7, 11) is -0.319. The van der Waals surface area contributed by atoms with Crippen LogP contribution >= 0.6 is 0 Å². The molecule has 19 heavy (non-hydrogen) atoms. The van der Waals surface area contributed by atoms with Crippen LogP contribution in [-0.2, 0) is 10.0 Å². The number of hydrogen-bond acceptors (Lipinski definition) is 4. The van der Waals surface area contributed by atoms with E-state index in [2.05, 4.69) is 5.32 Å². The van der Waals surface area contributed by atoms with Crippen molar-refractivity contribution in [1.82, 2.24) is 4.31 Å². The van der Waals surface area contributed by atoms with Gasteiger partial charge in [0, 0.05) is 26.3 Å². The molecule has 6 heteroatoms. The number of hydrogen-bond donors (Lipinski definition) is 2. The zero-order chi connectivity index (χ0) is 14.0. The average Bonchev–Trinajstić information content (AvgIpc) is 2.33. The van der Waals surface area contributed by atoms with Gasteiger partial charge in [0.2, 0.25) is 10.0 Å². The third-order valence-corrected chi connectivity index (χ3v) is 5.27. The Hall–Kier alpha value is -1.11. The summed E-state index contributed by atoms with van der Waals surface area (Å²) in [6.07, 6.45) is 1.56. The van der Waals surface area contributed by atoms with Crippen LogP contribution in [0.1, 0.15) is 12.8 Å². The lowest BCUT2D eigenvalue weighted by Crippen LogP contribution is -2.33. The molecular formula is C13H20N2O3S. The topological polar surface area (TPSA) is 69.6 Å². The quantitative estimate of drug-likeness (QED) is 0.850. The van der Waals surface area contributed by atoms with E-state index in [0.717, 1.165) is 25.1 Å². The van der Waals surface area contributed by atoms with Crippen LogP contribution in [0.25, 0.3) is 0 Å². The van der Waals surface area contributed by atoms with Gasteiger partial charge in [-0.1, -0.05) is 0 Å². The van der Waals surface area contributed by atoms with Crippen LogP contribution in [0.3, 0.4) is 0 Å². The summed E-state index contributed by atoms with van der Waals surface area (Å²) in [5.41, 5.74) is 0.902. The number of sulfonamides is 1. The molecule has 1 aromatic rings. The molecule has 0 spiro atoms. The van der Waals surface area contributed by atoms with Crippen molar-refractivity contribution in [3.8, 4) is 0 Å². The first-order valence-electron chi connectivity index (χ1n) is 6.34. The first-order valence-corrected chi connectivity index (χ1v) is 7.78. The Balaban J connectivity index is 1.95. The van der Waals surface area contributed by atoms with E-state index in [1.54, 1.807) is 24.3 Å². The highest BCUT2D eigenvalue weighted by molar-refractivity contribution is 7.89. The van der Waals surface area contributed by atoms with Crippen molar-refractivity contribution >= 4 is 15.7 Å². The summed E-state index contributed by atoms with van der Waals surface area (Å²) in [6.45, 7) is 0.816. The molecule has 1 aliphatic carbocycles. The minimum absolute atomic E-state index is 0.139. The van der Waals surface area contributed by atoms with Gasteiger partial charge in [-0.25, -0.2) is 12.7 Å². The molecule has 0 amide bonds. The van der Waals surface area contributed by atoms with Crippen LogP contribution in [-0.4, -0.2) is 44.6 Å². The molecule has 0 heterocycles. The fourth-order valence-electron chi connectivity index (χ4n) is 2.08. The summed E-state index contributed by atoms with van der Waals surface area (Å²) in [5, 5.41) is 12.4. The van der Waals surface area contributed by atoms with Gasteiger partial charge in [0.25, 0.3) is 0 Å². The smallest absolute Gasteiger partial charge is 0.242 e. The number of aliphatic hydroxyl groups is 1. The Labute approximate surface area is 114 Å². The number of aliphatic hydroxyl groups excluding tert-OH is 1. The standard InChI is InChI=1S/C13H20N2O3S/c1-15(2)19(17,18)13-5-3-11(4-6-13)14-9-10-7-12(16)8-10/h3-6,10,12,14,16H,7-9H2,1-2H3. The van der Waals surface area contributed by atoms with E-state index < -0.39 is 10.0 Å². The lowest BCUT2D eigenvalue weighted by Gasteiger charge is -2.31. The zero-order valence-electron chi connectivity index (χ0n) is 11.2. The average molecular weight is 284 g/mol. The Kier molecular flexibility index (Phi) is 4.13. The van der Waals surface area contributed by atoms with Crippen molar-refractivity contribution < 1.29 is 13.5 Å². The molecule has 0 aliphatic heterocycles. The summed E-state index contributed by atoms with van der Waals surface area (Å²) in [4.78, 5) is 0.294. The van der Waals surface area contributed by atoms with Crippen LogP contribution in [0.5, 0.6) is 0 Å². The van der Waals surface area contributed by atoms with Crippen LogP contribution in [0, 0.1) is 5.92 Å². The third kappa shape index (κ3) is 3.26. The Bertz CT molecular complexity index is 519. The van der Waals surface area contributed by atoms with E-state index in [0.29, 0.717) is 10.8 Å². The Morgan fingerprint density at radius 2 is 1.84 bits per heavy atom. The van der Waals surface area contributed by atoms with Gasteiger partial charge in [0.05, 0.1) is 11.0 Å². The molecule has 1 aliphatic rings. The van der Waals surface area contributed by atoms with E-state index >= 15 is 0 Å². The minimum Gasteiger partial charge on any atom is -0.393 e. The number of rotatable bonds is 5. The van der Waals surface area contributed by atoms with Gasteiger partial charge in [-0.15, -0.1) is 0 Å². The monoisotopic (exact) mass is 284 g/mol. The van der Waals surface area contributed by atoms with Crippen LogP contribution in [0.15, 0.2) is 29.2 Å². The molecule has 0 radical (unpaired) electrons. The van der Waals surface area contributed by atoms with Gasteiger partial charge >= 0.3 is 0 Å². The summed E-state index contributed by atoms with van der Waals surface area (Å²) >= 11 is 0. The molecule has 106 valence electrons. The first-order chi connectivity index (χ1) is 8.89. The molecule has 2 rings (SSSR count).